The fraction of sp³-hybridized carbons (Fsp3) is 0.348. The molecule has 1 aliphatic heterocycles. The molecular weight excluding hydrogens is 453 g/mol. The third-order valence-electron chi connectivity index (χ3n) is 5.45. The molecule has 32 heavy (non-hydrogen) atoms. The smallest absolute Gasteiger partial charge is 0.327 e. The van der Waals surface area contributed by atoms with Gasteiger partial charge in [0.2, 0.25) is 5.91 Å². The van der Waals surface area contributed by atoms with E-state index in [-0.39, 0.29) is 5.91 Å². The predicted molar refractivity (Wildman–Crippen MR) is 123 cm³/mol. The van der Waals surface area contributed by atoms with Crippen molar-refractivity contribution in [2.24, 2.45) is 0 Å². The molecule has 1 N–H and O–H groups in total. The van der Waals surface area contributed by atoms with Crippen molar-refractivity contribution in [2.45, 2.75) is 19.0 Å². The highest BCUT2D eigenvalue weighted by molar-refractivity contribution is 6.33. The molecule has 1 fully saturated rings. The van der Waals surface area contributed by atoms with Crippen molar-refractivity contribution >= 4 is 41.0 Å². The number of nitrogens with zero attached hydrogens (tertiary/aromatic N) is 2. The number of hydrogen-bond acceptors (Lipinski definition) is 5. The first-order valence-electron chi connectivity index (χ1n) is 10.2. The summed E-state index contributed by atoms with van der Waals surface area (Å²) in [5.74, 6) is -1.00. The zero-order valence-corrected chi connectivity index (χ0v) is 19.4. The summed E-state index contributed by atoms with van der Waals surface area (Å²) >= 11 is 12.4. The lowest BCUT2D eigenvalue weighted by Crippen LogP contribution is -2.55. The summed E-state index contributed by atoms with van der Waals surface area (Å²) in [6.07, 6.45) is 0. The Morgan fingerprint density at radius 2 is 1.53 bits per heavy atom. The molecule has 7 nitrogen and oxygen atoms in total. The van der Waals surface area contributed by atoms with E-state index >= 15 is 0 Å². The third-order valence-corrected chi connectivity index (χ3v) is 6.13. The summed E-state index contributed by atoms with van der Waals surface area (Å²) in [7, 11) is 1.34. The van der Waals surface area contributed by atoms with Crippen molar-refractivity contribution < 1.29 is 19.1 Å². The summed E-state index contributed by atoms with van der Waals surface area (Å²) in [6, 6.07) is 12.5. The second-order valence-corrected chi connectivity index (χ2v) is 8.30. The first-order valence-corrected chi connectivity index (χ1v) is 11.0. The molecule has 0 radical (unpaired) electrons. The van der Waals surface area contributed by atoms with Crippen LogP contribution in [0.25, 0.3) is 0 Å². The van der Waals surface area contributed by atoms with E-state index in [0.29, 0.717) is 47.4 Å². The number of rotatable bonds is 6. The highest BCUT2D eigenvalue weighted by Gasteiger charge is 2.34. The molecule has 2 aromatic carbocycles. The number of methoxy groups -OCH3 is 1. The van der Waals surface area contributed by atoms with Crippen molar-refractivity contribution in [2.75, 3.05) is 33.3 Å². The summed E-state index contributed by atoms with van der Waals surface area (Å²) in [4.78, 5) is 41.5. The van der Waals surface area contributed by atoms with E-state index in [2.05, 4.69) is 5.32 Å². The summed E-state index contributed by atoms with van der Waals surface area (Å²) in [5, 5.41) is 3.52. The second-order valence-electron chi connectivity index (χ2n) is 7.48. The number of nitrogens with one attached hydrogen (secondary N) is 1. The van der Waals surface area contributed by atoms with Crippen LogP contribution < -0.4 is 5.32 Å². The molecule has 0 aromatic heterocycles. The maximum atomic E-state index is 12.9. The molecule has 170 valence electrons. The number of ether oxygens (including phenoxy) is 1. The topological polar surface area (TPSA) is 79.0 Å². The summed E-state index contributed by atoms with van der Waals surface area (Å²) < 4.78 is 5.00. The highest BCUT2D eigenvalue weighted by atomic mass is 35.5. The van der Waals surface area contributed by atoms with Crippen LogP contribution >= 0.6 is 23.2 Å². The van der Waals surface area contributed by atoms with Crippen molar-refractivity contribution in [1.29, 1.82) is 0 Å². The number of esters is 1. The van der Waals surface area contributed by atoms with Crippen LogP contribution in [0.2, 0.25) is 10.0 Å². The average molecular weight is 478 g/mol. The van der Waals surface area contributed by atoms with E-state index in [9.17, 15) is 14.4 Å². The van der Waals surface area contributed by atoms with E-state index < -0.39 is 24.0 Å². The van der Waals surface area contributed by atoms with Gasteiger partial charge in [-0.25, -0.2) is 4.79 Å². The van der Waals surface area contributed by atoms with Crippen molar-refractivity contribution in [3.8, 4) is 0 Å². The molecule has 2 amide bonds. The van der Waals surface area contributed by atoms with Gasteiger partial charge in [0.25, 0.3) is 5.91 Å². The fourth-order valence-corrected chi connectivity index (χ4v) is 4.20. The van der Waals surface area contributed by atoms with E-state index in [1.165, 1.54) is 7.11 Å². The molecule has 0 aliphatic carbocycles. The number of hydrogen-bond donors (Lipinski definition) is 1. The average Bonchev–Trinajstić information content (AvgIpc) is 2.80. The molecule has 0 saturated carbocycles. The van der Waals surface area contributed by atoms with Crippen LogP contribution in [0.15, 0.2) is 48.5 Å². The minimum Gasteiger partial charge on any atom is -0.468 e. The molecule has 0 spiro atoms. The molecule has 2 atom stereocenters. The van der Waals surface area contributed by atoms with Crippen LogP contribution in [0.5, 0.6) is 0 Å². The van der Waals surface area contributed by atoms with Gasteiger partial charge in [0.15, 0.2) is 0 Å². The second kappa shape index (κ2) is 10.8. The maximum Gasteiger partial charge on any atom is 0.327 e. The van der Waals surface area contributed by atoms with Gasteiger partial charge in [0.1, 0.15) is 12.1 Å². The Kier molecular flexibility index (Phi) is 8.12. The van der Waals surface area contributed by atoms with Gasteiger partial charge in [-0.15, -0.1) is 0 Å². The Labute approximate surface area is 197 Å². The Hall–Kier alpha value is -2.61. The molecular formula is C23H25Cl2N3O4. The third kappa shape index (κ3) is 5.41. The molecule has 0 bridgehead atoms. The normalized spacial score (nSPS) is 16.2. The van der Waals surface area contributed by atoms with Crippen LogP contribution in [0.3, 0.4) is 0 Å². The molecule has 1 saturated heterocycles. The number of amides is 2. The van der Waals surface area contributed by atoms with Gasteiger partial charge in [-0.05, 0) is 30.7 Å². The van der Waals surface area contributed by atoms with Gasteiger partial charge >= 0.3 is 5.97 Å². The number of benzene rings is 2. The zero-order valence-electron chi connectivity index (χ0n) is 17.9. The molecule has 1 heterocycles. The zero-order chi connectivity index (χ0) is 23.3. The van der Waals surface area contributed by atoms with Gasteiger partial charge in [-0.2, -0.15) is 0 Å². The van der Waals surface area contributed by atoms with Gasteiger partial charge in [-0.1, -0.05) is 53.5 Å². The van der Waals surface area contributed by atoms with Crippen LogP contribution in [0.1, 0.15) is 28.9 Å². The molecule has 3 rings (SSSR count). The van der Waals surface area contributed by atoms with E-state index in [0.717, 1.165) is 0 Å². The van der Waals surface area contributed by atoms with Crippen molar-refractivity contribution in [1.82, 2.24) is 15.1 Å². The van der Waals surface area contributed by atoms with Crippen molar-refractivity contribution in [3.63, 3.8) is 0 Å². The number of piperazine rings is 1. The number of carbonyl (C=O) groups excluding carboxylic acids is 3. The molecule has 0 unspecified atom stereocenters. The van der Waals surface area contributed by atoms with Crippen molar-refractivity contribution in [3.05, 3.63) is 69.7 Å². The predicted octanol–water partition coefficient (Wildman–Crippen LogP) is 3.17. The monoisotopic (exact) mass is 477 g/mol. The fourth-order valence-electron chi connectivity index (χ4n) is 3.74. The maximum absolute atomic E-state index is 12.9. The van der Waals surface area contributed by atoms with Gasteiger partial charge < -0.3 is 15.0 Å². The van der Waals surface area contributed by atoms with Gasteiger partial charge in [0.05, 0.1) is 17.7 Å². The summed E-state index contributed by atoms with van der Waals surface area (Å²) in [5.41, 5.74) is 0.987. The summed E-state index contributed by atoms with van der Waals surface area (Å²) in [6.45, 7) is 3.38. The lowest BCUT2D eigenvalue weighted by Gasteiger charge is -2.39. The number of carbonyl (C=O) groups is 3. The number of halogens is 2. The Balaban J connectivity index is 1.63. The van der Waals surface area contributed by atoms with E-state index in [4.69, 9.17) is 27.9 Å². The minimum absolute atomic E-state index is 0.197. The SMILES string of the molecule is COC(=O)[C@H](c1ccccc1Cl)N1CCN(C(=O)[C@H](C)NC(=O)c2ccccc2Cl)CC1. The first-order chi connectivity index (χ1) is 15.3. The first kappa shape index (κ1) is 24.0. The minimum atomic E-state index is -0.717. The van der Waals surface area contributed by atoms with Gasteiger partial charge in [-0.3, -0.25) is 14.5 Å². The van der Waals surface area contributed by atoms with E-state index in [1.54, 1.807) is 54.3 Å². The molecule has 2 aromatic rings. The van der Waals surface area contributed by atoms with Crippen LogP contribution in [-0.4, -0.2) is 66.9 Å². The Bertz CT molecular complexity index is 993. The Morgan fingerprint density at radius 3 is 2.12 bits per heavy atom. The quantitative estimate of drug-likeness (QED) is 0.646. The van der Waals surface area contributed by atoms with Gasteiger partial charge in [0, 0.05) is 31.2 Å². The molecule has 9 heteroatoms. The van der Waals surface area contributed by atoms with Crippen LogP contribution in [0.4, 0.5) is 0 Å². The largest absolute Gasteiger partial charge is 0.468 e. The van der Waals surface area contributed by atoms with E-state index in [1.807, 2.05) is 11.0 Å². The Morgan fingerprint density at radius 1 is 0.938 bits per heavy atom. The lowest BCUT2D eigenvalue weighted by molar-refractivity contribution is -0.148. The highest BCUT2D eigenvalue weighted by Crippen LogP contribution is 2.29. The lowest BCUT2D eigenvalue weighted by atomic mass is 10.0. The standard InChI is InChI=1S/C23H25Cl2N3O4/c1-15(26-21(29)17-8-4-6-10-19(17)25)22(30)28-13-11-27(12-14-28)20(23(31)32-2)16-7-3-5-9-18(16)24/h3-10,15,20H,11-14H2,1-2H3,(H,26,29)/t15-,20-/m0/s1. The van der Waals surface area contributed by atoms with Crippen LogP contribution in [-0.2, 0) is 14.3 Å². The molecule has 1 aliphatic rings. The van der Waals surface area contributed by atoms with Crippen LogP contribution in [0, 0.1) is 0 Å².